The molecule has 0 amide bonds. The van der Waals surface area contributed by atoms with Crippen LogP contribution in [0.3, 0.4) is 0 Å². The van der Waals surface area contributed by atoms with Gasteiger partial charge in [0.2, 0.25) is 0 Å². The van der Waals surface area contributed by atoms with Crippen molar-refractivity contribution in [2.75, 3.05) is 26.3 Å². The number of hydrogen-bond donors (Lipinski definition) is 0. The van der Waals surface area contributed by atoms with Crippen LogP contribution < -0.4 is 0 Å². The van der Waals surface area contributed by atoms with Gasteiger partial charge in [-0.1, -0.05) is 0 Å². The van der Waals surface area contributed by atoms with Crippen LogP contribution in [0.4, 0.5) is 0 Å². The Bertz CT molecular complexity index is 489. The molecule has 2 nitrogen and oxygen atoms in total. The first-order valence-electron chi connectivity index (χ1n) is 5.29. The monoisotopic (exact) mass is 365 g/mol. The number of halogens is 1. The van der Waals surface area contributed by atoms with Crippen molar-refractivity contribution in [3.05, 3.63) is 20.4 Å². The SMILES string of the molecule is Brc1c(CN2CCOCC2)[se]c2sccc12. The number of rotatable bonds is 2. The van der Waals surface area contributed by atoms with E-state index in [0.29, 0.717) is 14.5 Å². The fourth-order valence-electron chi connectivity index (χ4n) is 1.91. The van der Waals surface area contributed by atoms with Gasteiger partial charge in [0.15, 0.2) is 0 Å². The zero-order chi connectivity index (χ0) is 11.0. The van der Waals surface area contributed by atoms with E-state index in [0.717, 1.165) is 32.8 Å². The van der Waals surface area contributed by atoms with E-state index in [1.807, 2.05) is 11.3 Å². The summed E-state index contributed by atoms with van der Waals surface area (Å²) in [5, 5.41) is 3.63. The summed E-state index contributed by atoms with van der Waals surface area (Å²) in [5.74, 6) is 0. The van der Waals surface area contributed by atoms with Crippen molar-refractivity contribution in [1.29, 1.82) is 0 Å². The molecule has 0 atom stereocenters. The molecule has 5 heteroatoms. The topological polar surface area (TPSA) is 12.5 Å². The van der Waals surface area contributed by atoms with Crippen molar-refractivity contribution in [3.63, 3.8) is 0 Å². The quantitative estimate of drug-likeness (QED) is 0.759. The van der Waals surface area contributed by atoms with Gasteiger partial charge in [0.25, 0.3) is 0 Å². The molecule has 1 fully saturated rings. The molecule has 1 aliphatic rings. The Labute approximate surface area is 113 Å². The average Bonchev–Trinajstić information content (AvgIpc) is 2.86. The summed E-state index contributed by atoms with van der Waals surface area (Å²) in [6.07, 6.45) is 0. The third kappa shape index (κ3) is 2.17. The molecular weight excluding hydrogens is 353 g/mol. The van der Waals surface area contributed by atoms with Crippen LogP contribution in [0.15, 0.2) is 15.9 Å². The summed E-state index contributed by atoms with van der Waals surface area (Å²) in [6.45, 7) is 5.05. The molecule has 1 saturated heterocycles. The Kier molecular flexibility index (Phi) is 3.52. The average molecular weight is 365 g/mol. The Balaban J connectivity index is 1.82. The van der Waals surface area contributed by atoms with E-state index in [2.05, 4.69) is 32.3 Å². The molecule has 1 aliphatic heterocycles. The van der Waals surface area contributed by atoms with Crippen LogP contribution in [0.5, 0.6) is 0 Å². The van der Waals surface area contributed by atoms with E-state index in [4.69, 9.17) is 4.74 Å². The van der Waals surface area contributed by atoms with Gasteiger partial charge in [0.05, 0.1) is 0 Å². The van der Waals surface area contributed by atoms with Gasteiger partial charge in [-0.25, -0.2) is 0 Å². The Morgan fingerprint density at radius 1 is 1.44 bits per heavy atom. The Morgan fingerprint density at radius 3 is 3.00 bits per heavy atom. The van der Waals surface area contributed by atoms with Crippen LogP contribution in [0.25, 0.3) is 8.96 Å². The summed E-state index contributed by atoms with van der Waals surface area (Å²) in [6, 6.07) is 2.23. The second-order valence-electron chi connectivity index (χ2n) is 3.85. The zero-order valence-corrected chi connectivity index (χ0v) is 12.9. The van der Waals surface area contributed by atoms with Crippen LogP contribution in [0.1, 0.15) is 4.44 Å². The van der Waals surface area contributed by atoms with Crippen LogP contribution >= 0.6 is 27.3 Å². The van der Waals surface area contributed by atoms with E-state index in [9.17, 15) is 0 Å². The van der Waals surface area contributed by atoms with Crippen LogP contribution in [-0.4, -0.2) is 45.7 Å². The van der Waals surface area contributed by atoms with E-state index >= 15 is 0 Å². The van der Waals surface area contributed by atoms with Gasteiger partial charge in [-0.05, 0) is 0 Å². The molecule has 0 saturated carbocycles. The summed E-state index contributed by atoms with van der Waals surface area (Å²) >= 11 is 6.19. The van der Waals surface area contributed by atoms with Gasteiger partial charge in [-0.15, -0.1) is 0 Å². The number of fused-ring (bicyclic) bond motifs is 1. The van der Waals surface area contributed by atoms with E-state index in [1.54, 1.807) is 8.01 Å². The summed E-state index contributed by atoms with van der Waals surface area (Å²) in [4.78, 5) is 2.50. The fraction of sp³-hybridized carbons (Fsp3) is 0.455. The number of thiophene rings is 1. The Hall–Kier alpha value is 0.359. The molecular formula is C11H12BrNOSSe. The molecule has 0 unspecified atom stereocenters. The molecule has 0 aliphatic carbocycles. The standard InChI is InChI=1S/C11H12BrNOSSe/c12-10-8-1-6-15-11(8)16-9(10)7-13-2-4-14-5-3-13/h1,6H,2-5,7H2. The minimum atomic E-state index is 0.542. The van der Waals surface area contributed by atoms with Gasteiger partial charge in [0, 0.05) is 0 Å². The van der Waals surface area contributed by atoms with Gasteiger partial charge < -0.3 is 0 Å². The van der Waals surface area contributed by atoms with Gasteiger partial charge in [-0.2, -0.15) is 0 Å². The molecule has 0 aromatic carbocycles. The predicted molar refractivity (Wildman–Crippen MR) is 72.6 cm³/mol. The molecule has 16 heavy (non-hydrogen) atoms. The van der Waals surface area contributed by atoms with E-state index in [1.165, 1.54) is 9.86 Å². The second kappa shape index (κ2) is 4.92. The van der Waals surface area contributed by atoms with Crippen molar-refractivity contribution in [1.82, 2.24) is 4.90 Å². The van der Waals surface area contributed by atoms with E-state index in [-0.39, 0.29) is 0 Å². The van der Waals surface area contributed by atoms with Crippen LogP contribution in [0, 0.1) is 0 Å². The molecule has 2 aromatic rings. The normalized spacial score (nSPS) is 18.3. The molecule has 0 bridgehead atoms. The van der Waals surface area contributed by atoms with Crippen molar-refractivity contribution in [2.24, 2.45) is 0 Å². The molecule has 0 spiro atoms. The maximum absolute atomic E-state index is 5.38. The molecule has 3 rings (SSSR count). The van der Waals surface area contributed by atoms with Crippen molar-refractivity contribution < 1.29 is 4.74 Å². The first kappa shape index (κ1) is 11.4. The predicted octanol–water partition coefficient (Wildman–Crippen LogP) is 2.55. The van der Waals surface area contributed by atoms with Gasteiger partial charge >= 0.3 is 114 Å². The van der Waals surface area contributed by atoms with Crippen LogP contribution in [0.2, 0.25) is 0 Å². The summed E-state index contributed by atoms with van der Waals surface area (Å²) < 4.78 is 9.90. The Morgan fingerprint density at radius 2 is 2.25 bits per heavy atom. The van der Waals surface area contributed by atoms with Gasteiger partial charge in [0.1, 0.15) is 0 Å². The number of ether oxygens (including phenoxy) is 1. The number of morpholine rings is 1. The van der Waals surface area contributed by atoms with Crippen molar-refractivity contribution >= 4 is 50.7 Å². The third-order valence-electron chi connectivity index (χ3n) is 2.80. The number of hydrogen-bond acceptors (Lipinski definition) is 3. The van der Waals surface area contributed by atoms with Crippen molar-refractivity contribution in [2.45, 2.75) is 6.54 Å². The zero-order valence-electron chi connectivity index (χ0n) is 8.74. The maximum atomic E-state index is 5.38. The second-order valence-corrected chi connectivity index (χ2v) is 8.46. The van der Waals surface area contributed by atoms with E-state index < -0.39 is 0 Å². The molecule has 3 heterocycles. The first-order chi connectivity index (χ1) is 7.84. The molecule has 0 N–H and O–H groups in total. The van der Waals surface area contributed by atoms with Crippen molar-refractivity contribution in [3.8, 4) is 0 Å². The first-order valence-corrected chi connectivity index (χ1v) is 8.67. The van der Waals surface area contributed by atoms with Crippen LogP contribution in [-0.2, 0) is 11.3 Å². The molecule has 86 valence electrons. The summed E-state index contributed by atoms with van der Waals surface area (Å²) in [7, 11) is 0. The minimum absolute atomic E-state index is 0.542. The molecule has 0 radical (unpaired) electrons. The van der Waals surface area contributed by atoms with Gasteiger partial charge in [-0.3, -0.25) is 0 Å². The summed E-state index contributed by atoms with van der Waals surface area (Å²) in [5.41, 5.74) is 0. The fourth-order valence-corrected chi connectivity index (χ4v) is 7.05. The number of nitrogens with zero attached hydrogens (tertiary/aromatic N) is 1. The third-order valence-corrected chi connectivity index (χ3v) is 8.11. The molecule has 2 aromatic heterocycles.